The second-order valence-electron chi connectivity index (χ2n) is 4.67. The van der Waals surface area contributed by atoms with E-state index in [0.29, 0.717) is 19.9 Å². The molecule has 1 N–H and O–H groups in total. The van der Waals surface area contributed by atoms with E-state index in [0.717, 1.165) is 11.3 Å². The SMILES string of the molecule is CCOC(=O)c1sc(NC(=O)c2cc(Br)ccc2Cl)c(C#N)c1C. The van der Waals surface area contributed by atoms with E-state index in [-0.39, 0.29) is 22.8 Å². The van der Waals surface area contributed by atoms with Gasteiger partial charge in [0.05, 0.1) is 22.8 Å². The summed E-state index contributed by atoms with van der Waals surface area (Å²) < 4.78 is 5.67. The lowest BCUT2D eigenvalue weighted by Gasteiger charge is -2.06. The molecule has 2 rings (SSSR count). The van der Waals surface area contributed by atoms with Crippen LogP contribution in [-0.4, -0.2) is 18.5 Å². The number of rotatable bonds is 4. The van der Waals surface area contributed by atoms with Gasteiger partial charge in [-0.15, -0.1) is 11.3 Å². The number of carbonyl (C=O) groups is 2. The minimum atomic E-state index is -0.516. The Labute approximate surface area is 156 Å². The molecule has 1 amide bonds. The summed E-state index contributed by atoms with van der Waals surface area (Å²) in [6.07, 6.45) is 0. The van der Waals surface area contributed by atoms with Crippen molar-refractivity contribution in [2.75, 3.05) is 11.9 Å². The minimum absolute atomic E-state index is 0.230. The van der Waals surface area contributed by atoms with Gasteiger partial charge in [0.15, 0.2) is 0 Å². The predicted octanol–water partition coefficient (Wildman–Crippen LogP) is 4.77. The van der Waals surface area contributed by atoms with Gasteiger partial charge < -0.3 is 10.1 Å². The second-order valence-corrected chi connectivity index (χ2v) is 7.01. The highest BCUT2D eigenvalue weighted by molar-refractivity contribution is 9.10. The number of nitrogens with zero attached hydrogens (tertiary/aromatic N) is 1. The molecule has 0 saturated carbocycles. The van der Waals surface area contributed by atoms with Crippen molar-refractivity contribution in [2.24, 2.45) is 0 Å². The molecule has 0 aliphatic rings. The maximum atomic E-state index is 12.4. The molecule has 0 atom stereocenters. The molecule has 0 bridgehead atoms. The van der Waals surface area contributed by atoms with Crippen LogP contribution in [0.25, 0.3) is 0 Å². The Morgan fingerprint density at radius 3 is 2.79 bits per heavy atom. The molecule has 1 aromatic heterocycles. The van der Waals surface area contributed by atoms with Crippen molar-refractivity contribution in [3.8, 4) is 6.07 Å². The van der Waals surface area contributed by atoms with E-state index < -0.39 is 11.9 Å². The number of thiophene rings is 1. The maximum absolute atomic E-state index is 12.4. The topological polar surface area (TPSA) is 79.2 Å². The fourth-order valence-electron chi connectivity index (χ4n) is 1.97. The third kappa shape index (κ3) is 3.78. The zero-order chi connectivity index (χ0) is 17.9. The third-order valence-electron chi connectivity index (χ3n) is 3.12. The fourth-order valence-corrected chi connectivity index (χ4v) is 3.58. The molecule has 24 heavy (non-hydrogen) atoms. The van der Waals surface area contributed by atoms with Crippen molar-refractivity contribution in [1.29, 1.82) is 5.26 Å². The van der Waals surface area contributed by atoms with E-state index in [9.17, 15) is 14.9 Å². The monoisotopic (exact) mass is 426 g/mol. The molecule has 0 fully saturated rings. The average Bonchev–Trinajstić information content (AvgIpc) is 2.85. The van der Waals surface area contributed by atoms with E-state index in [1.165, 1.54) is 0 Å². The number of nitrogens with one attached hydrogen (secondary N) is 1. The molecule has 0 aliphatic carbocycles. The summed E-state index contributed by atoms with van der Waals surface area (Å²) in [6, 6.07) is 6.90. The van der Waals surface area contributed by atoms with Crippen LogP contribution in [0, 0.1) is 18.3 Å². The Balaban J connectivity index is 2.37. The number of amides is 1. The number of nitriles is 1. The molecule has 0 radical (unpaired) electrons. The van der Waals surface area contributed by atoms with Gasteiger partial charge in [-0.1, -0.05) is 27.5 Å². The first-order valence-electron chi connectivity index (χ1n) is 6.86. The standard InChI is InChI=1S/C16H12BrClN2O3S/c1-3-23-16(22)13-8(2)11(7-19)15(24-13)20-14(21)10-6-9(17)4-5-12(10)18/h4-6H,3H2,1-2H3,(H,20,21). The van der Waals surface area contributed by atoms with Crippen LogP contribution >= 0.6 is 38.9 Å². The van der Waals surface area contributed by atoms with Gasteiger partial charge in [-0.25, -0.2) is 4.79 Å². The number of ether oxygens (including phenoxy) is 1. The van der Waals surface area contributed by atoms with Crippen LogP contribution < -0.4 is 5.32 Å². The van der Waals surface area contributed by atoms with Crippen molar-refractivity contribution < 1.29 is 14.3 Å². The van der Waals surface area contributed by atoms with E-state index in [2.05, 4.69) is 21.2 Å². The van der Waals surface area contributed by atoms with Gasteiger partial charge in [0.2, 0.25) is 0 Å². The van der Waals surface area contributed by atoms with Crippen LogP contribution in [0.15, 0.2) is 22.7 Å². The van der Waals surface area contributed by atoms with E-state index in [1.807, 2.05) is 6.07 Å². The average molecular weight is 428 g/mol. The first-order chi connectivity index (χ1) is 11.4. The van der Waals surface area contributed by atoms with Gasteiger partial charge >= 0.3 is 5.97 Å². The van der Waals surface area contributed by atoms with Crippen molar-refractivity contribution in [3.63, 3.8) is 0 Å². The van der Waals surface area contributed by atoms with E-state index >= 15 is 0 Å². The van der Waals surface area contributed by atoms with Crippen molar-refractivity contribution in [2.45, 2.75) is 13.8 Å². The summed E-state index contributed by atoms with van der Waals surface area (Å²) in [5.41, 5.74) is 0.984. The summed E-state index contributed by atoms with van der Waals surface area (Å²) in [4.78, 5) is 24.7. The normalized spacial score (nSPS) is 10.1. The van der Waals surface area contributed by atoms with Crippen LogP contribution in [0.5, 0.6) is 0 Å². The lowest BCUT2D eigenvalue weighted by Crippen LogP contribution is -2.12. The molecular weight excluding hydrogens is 416 g/mol. The molecular formula is C16H12BrClN2O3S. The zero-order valence-corrected chi connectivity index (χ0v) is 15.9. The van der Waals surface area contributed by atoms with Crippen LogP contribution in [0.3, 0.4) is 0 Å². The van der Waals surface area contributed by atoms with Crippen LogP contribution in [0.4, 0.5) is 5.00 Å². The molecule has 1 aromatic carbocycles. The van der Waals surface area contributed by atoms with Gasteiger partial charge in [-0.05, 0) is 37.6 Å². The highest BCUT2D eigenvalue weighted by Gasteiger charge is 2.23. The summed E-state index contributed by atoms with van der Waals surface area (Å²) in [7, 11) is 0. The van der Waals surface area contributed by atoms with Crippen LogP contribution in [-0.2, 0) is 4.74 Å². The van der Waals surface area contributed by atoms with Gasteiger partial charge in [0, 0.05) is 4.47 Å². The van der Waals surface area contributed by atoms with Crippen LogP contribution in [0.2, 0.25) is 5.02 Å². The van der Waals surface area contributed by atoms with Gasteiger partial charge in [-0.2, -0.15) is 5.26 Å². The second kappa shape index (κ2) is 7.79. The molecule has 0 aliphatic heterocycles. The number of hydrogen-bond acceptors (Lipinski definition) is 5. The van der Waals surface area contributed by atoms with Crippen molar-refractivity contribution in [3.05, 3.63) is 49.3 Å². The van der Waals surface area contributed by atoms with E-state index in [1.54, 1.807) is 32.0 Å². The Morgan fingerprint density at radius 2 is 2.17 bits per heavy atom. The van der Waals surface area contributed by atoms with Gasteiger partial charge in [-0.3, -0.25) is 4.79 Å². The summed E-state index contributed by atoms with van der Waals surface area (Å²) in [5, 5.41) is 12.6. The van der Waals surface area contributed by atoms with Crippen LogP contribution in [0.1, 0.15) is 38.1 Å². The molecule has 2 aromatic rings. The number of halogens is 2. The highest BCUT2D eigenvalue weighted by Crippen LogP contribution is 2.34. The Bertz CT molecular complexity index is 858. The van der Waals surface area contributed by atoms with Crippen molar-refractivity contribution >= 4 is 55.7 Å². The van der Waals surface area contributed by atoms with Gasteiger partial charge in [0.25, 0.3) is 5.91 Å². The van der Waals surface area contributed by atoms with Crippen molar-refractivity contribution in [1.82, 2.24) is 0 Å². The molecule has 124 valence electrons. The summed E-state index contributed by atoms with van der Waals surface area (Å²) >= 11 is 10.3. The quantitative estimate of drug-likeness (QED) is 0.713. The summed E-state index contributed by atoms with van der Waals surface area (Å²) in [6.45, 7) is 3.57. The molecule has 1 heterocycles. The maximum Gasteiger partial charge on any atom is 0.348 e. The van der Waals surface area contributed by atoms with E-state index in [4.69, 9.17) is 16.3 Å². The Morgan fingerprint density at radius 1 is 1.46 bits per heavy atom. The predicted molar refractivity (Wildman–Crippen MR) is 96.8 cm³/mol. The number of anilines is 1. The number of carbonyl (C=O) groups excluding carboxylic acids is 2. The number of benzene rings is 1. The third-order valence-corrected chi connectivity index (χ3v) is 5.13. The molecule has 0 saturated heterocycles. The first-order valence-corrected chi connectivity index (χ1v) is 8.84. The molecule has 5 nitrogen and oxygen atoms in total. The number of hydrogen-bond donors (Lipinski definition) is 1. The number of esters is 1. The molecule has 0 spiro atoms. The Kier molecular flexibility index (Phi) is 5.99. The minimum Gasteiger partial charge on any atom is -0.462 e. The zero-order valence-electron chi connectivity index (χ0n) is 12.8. The summed E-state index contributed by atoms with van der Waals surface area (Å²) in [5.74, 6) is -0.980. The van der Waals surface area contributed by atoms with Gasteiger partial charge in [0.1, 0.15) is 15.9 Å². The fraction of sp³-hybridized carbons (Fsp3) is 0.188. The molecule has 0 unspecified atom stereocenters. The lowest BCUT2D eigenvalue weighted by molar-refractivity contribution is 0.0531. The lowest BCUT2D eigenvalue weighted by atomic mass is 10.1. The molecule has 8 heteroatoms. The smallest absolute Gasteiger partial charge is 0.348 e. The highest BCUT2D eigenvalue weighted by atomic mass is 79.9. The Hall–Kier alpha value is -1.88. The largest absolute Gasteiger partial charge is 0.462 e. The first kappa shape index (κ1) is 18.5.